The number of rotatable bonds is 5. The van der Waals surface area contributed by atoms with Gasteiger partial charge in [-0.3, -0.25) is 0 Å². The van der Waals surface area contributed by atoms with Crippen LogP contribution in [-0.2, 0) is 6.54 Å². The number of hydrogen-bond acceptors (Lipinski definition) is 6. The van der Waals surface area contributed by atoms with Crippen molar-refractivity contribution in [1.29, 1.82) is 0 Å². The zero-order valence-corrected chi connectivity index (χ0v) is 16.1. The van der Waals surface area contributed by atoms with E-state index in [1.54, 1.807) is 22.8 Å². The number of anilines is 1. The number of fused-ring (bicyclic) bond motifs is 3. The summed E-state index contributed by atoms with van der Waals surface area (Å²) in [5.74, 6) is 1.90. The lowest BCUT2D eigenvalue weighted by Crippen LogP contribution is -2.08. The molecule has 0 unspecified atom stereocenters. The van der Waals surface area contributed by atoms with Crippen LogP contribution in [-0.4, -0.2) is 24.6 Å². The highest BCUT2D eigenvalue weighted by molar-refractivity contribution is 5.92. The van der Waals surface area contributed by atoms with E-state index in [0.717, 1.165) is 22.1 Å². The molecule has 0 saturated heterocycles. The second-order valence-corrected chi connectivity index (χ2v) is 6.76. The van der Waals surface area contributed by atoms with Gasteiger partial charge in [-0.25, -0.2) is 19.3 Å². The Morgan fingerprint density at radius 2 is 1.87 bits per heavy atom. The summed E-state index contributed by atoms with van der Waals surface area (Å²) in [6.45, 7) is 2.34. The van der Waals surface area contributed by atoms with Crippen LogP contribution in [0, 0.1) is 12.7 Å². The molecule has 3 heterocycles. The van der Waals surface area contributed by atoms with Crippen molar-refractivity contribution in [3.05, 3.63) is 84.1 Å². The Hall–Kier alpha value is -4.07. The van der Waals surface area contributed by atoms with E-state index in [1.165, 1.54) is 12.1 Å². The highest BCUT2D eigenvalue weighted by Crippen LogP contribution is 2.22. The van der Waals surface area contributed by atoms with E-state index >= 15 is 0 Å². The molecule has 1 N–H and O–H groups in total. The molecule has 0 bridgehead atoms. The van der Waals surface area contributed by atoms with Gasteiger partial charge in [0.2, 0.25) is 11.8 Å². The number of nitrogens with one attached hydrogen (secondary N) is 1. The van der Waals surface area contributed by atoms with Crippen molar-refractivity contribution < 1.29 is 9.13 Å². The molecule has 8 heteroatoms. The molecule has 0 aliphatic carbocycles. The second kappa shape index (κ2) is 7.40. The quantitative estimate of drug-likeness (QED) is 0.467. The van der Waals surface area contributed by atoms with Gasteiger partial charge in [0.1, 0.15) is 17.4 Å². The largest absolute Gasteiger partial charge is 0.439 e. The van der Waals surface area contributed by atoms with Crippen molar-refractivity contribution in [1.82, 2.24) is 24.6 Å². The number of pyridine rings is 1. The molecule has 30 heavy (non-hydrogen) atoms. The van der Waals surface area contributed by atoms with Crippen molar-refractivity contribution in [2.45, 2.75) is 13.5 Å². The van der Waals surface area contributed by atoms with Crippen LogP contribution in [0.4, 0.5) is 10.3 Å². The molecule has 0 amide bonds. The van der Waals surface area contributed by atoms with Crippen LogP contribution in [0.15, 0.2) is 66.9 Å². The van der Waals surface area contributed by atoms with E-state index in [9.17, 15) is 4.39 Å². The molecular formula is C22H17FN6O. The first-order chi connectivity index (χ1) is 14.7. The summed E-state index contributed by atoms with van der Waals surface area (Å²) < 4.78 is 20.5. The van der Waals surface area contributed by atoms with Crippen molar-refractivity contribution in [2.24, 2.45) is 0 Å². The van der Waals surface area contributed by atoms with Crippen molar-refractivity contribution in [2.75, 3.05) is 5.32 Å². The maximum atomic E-state index is 13.1. The third-order valence-electron chi connectivity index (χ3n) is 4.57. The van der Waals surface area contributed by atoms with E-state index in [2.05, 4.69) is 20.4 Å². The molecule has 3 aromatic heterocycles. The smallest absolute Gasteiger partial charge is 0.226 e. The van der Waals surface area contributed by atoms with Crippen LogP contribution >= 0.6 is 0 Å². The fourth-order valence-corrected chi connectivity index (χ4v) is 3.19. The second-order valence-electron chi connectivity index (χ2n) is 6.76. The first kappa shape index (κ1) is 18.0. The third-order valence-corrected chi connectivity index (χ3v) is 4.57. The van der Waals surface area contributed by atoms with Crippen molar-refractivity contribution in [3.8, 4) is 11.6 Å². The average Bonchev–Trinajstić information content (AvgIpc) is 3.16. The molecule has 148 valence electrons. The van der Waals surface area contributed by atoms with Crippen LogP contribution in [0.5, 0.6) is 11.6 Å². The number of aromatic nitrogens is 5. The average molecular weight is 400 g/mol. The van der Waals surface area contributed by atoms with E-state index in [0.29, 0.717) is 29.9 Å². The molecular weight excluding hydrogens is 383 g/mol. The summed E-state index contributed by atoms with van der Waals surface area (Å²) in [4.78, 5) is 13.5. The number of para-hydroxylation sites is 1. The number of halogens is 1. The van der Waals surface area contributed by atoms with Gasteiger partial charge in [-0.05, 0) is 55.0 Å². The van der Waals surface area contributed by atoms with Gasteiger partial charge < -0.3 is 10.1 Å². The van der Waals surface area contributed by atoms with Crippen LogP contribution in [0.1, 0.15) is 11.4 Å². The first-order valence-corrected chi connectivity index (χ1v) is 9.40. The van der Waals surface area contributed by atoms with Gasteiger partial charge in [-0.15, -0.1) is 5.10 Å². The van der Waals surface area contributed by atoms with Crippen LogP contribution in [0.2, 0.25) is 0 Å². The minimum Gasteiger partial charge on any atom is -0.439 e. The van der Waals surface area contributed by atoms with Gasteiger partial charge in [0.25, 0.3) is 0 Å². The van der Waals surface area contributed by atoms with E-state index in [4.69, 9.17) is 9.72 Å². The first-order valence-electron chi connectivity index (χ1n) is 9.40. The zero-order chi connectivity index (χ0) is 20.5. The molecule has 0 aliphatic rings. The monoisotopic (exact) mass is 400 g/mol. The fourth-order valence-electron chi connectivity index (χ4n) is 3.19. The number of nitrogens with zero attached hydrogens (tertiary/aromatic N) is 5. The van der Waals surface area contributed by atoms with Crippen LogP contribution in [0.25, 0.3) is 16.6 Å². The summed E-state index contributed by atoms with van der Waals surface area (Å²) in [7, 11) is 0. The summed E-state index contributed by atoms with van der Waals surface area (Å²) >= 11 is 0. The highest BCUT2D eigenvalue weighted by atomic mass is 19.1. The molecule has 2 aromatic carbocycles. The van der Waals surface area contributed by atoms with Gasteiger partial charge in [-0.1, -0.05) is 12.1 Å². The Morgan fingerprint density at radius 3 is 2.73 bits per heavy atom. The molecule has 7 nitrogen and oxygen atoms in total. The van der Waals surface area contributed by atoms with E-state index in [1.807, 2.05) is 43.3 Å². The standard InChI is InChI=1S/C22H17FN6O/c1-14-26-21-18-4-2-3-5-19(18)27-22(29(21)28-14)25-13-15-10-11-24-20(12-15)30-17-8-6-16(23)7-9-17/h2-12H,13H2,1H3,(H,25,27). The molecule has 0 fully saturated rings. The lowest BCUT2D eigenvalue weighted by Gasteiger charge is -2.10. The normalized spacial score (nSPS) is 11.1. The molecule has 0 atom stereocenters. The van der Waals surface area contributed by atoms with Gasteiger partial charge in [0, 0.05) is 24.2 Å². The van der Waals surface area contributed by atoms with Gasteiger partial charge >= 0.3 is 0 Å². The van der Waals surface area contributed by atoms with Crippen LogP contribution < -0.4 is 10.1 Å². The van der Waals surface area contributed by atoms with E-state index in [-0.39, 0.29) is 5.82 Å². The molecule has 0 radical (unpaired) electrons. The highest BCUT2D eigenvalue weighted by Gasteiger charge is 2.11. The fraction of sp³-hybridized carbons (Fsp3) is 0.0909. The minimum atomic E-state index is -0.314. The molecule has 5 rings (SSSR count). The molecule has 0 spiro atoms. The zero-order valence-electron chi connectivity index (χ0n) is 16.1. The number of benzene rings is 2. The Labute approximate surface area is 171 Å². The van der Waals surface area contributed by atoms with E-state index < -0.39 is 0 Å². The summed E-state index contributed by atoms with van der Waals surface area (Å²) in [5.41, 5.74) is 2.55. The Kier molecular flexibility index (Phi) is 4.44. The Balaban J connectivity index is 1.40. The van der Waals surface area contributed by atoms with Crippen LogP contribution in [0.3, 0.4) is 0 Å². The topological polar surface area (TPSA) is 77.2 Å². The predicted molar refractivity (Wildman–Crippen MR) is 111 cm³/mol. The molecule has 0 saturated carbocycles. The minimum absolute atomic E-state index is 0.314. The molecule has 0 aliphatic heterocycles. The number of hydrogen-bond donors (Lipinski definition) is 1. The maximum Gasteiger partial charge on any atom is 0.226 e. The van der Waals surface area contributed by atoms with Gasteiger partial charge in [-0.2, -0.15) is 4.52 Å². The molecule has 5 aromatic rings. The SMILES string of the molecule is Cc1nc2c3ccccc3nc(NCc3ccnc(Oc4ccc(F)cc4)c3)n2n1. The number of aryl methyl sites for hydroxylation is 1. The Bertz CT molecular complexity index is 1350. The van der Waals surface area contributed by atoms with Crippen molar-refractivity contribution >= 4 is 22.5 Å². The lowest BCUT2D eigenvalue weighted by molar-refractivity contribution is 0.460. The van der Waals surface area contributed by atoms with Gasteiger partial charge in [0.05, 0.1) is 5.52 Å². The predicted octanol–water partition coefficient (Wildman–Crippen LogP) is 4.52. The maximum absolute atomic E-state index is 13.1. The summed E-state index contributed by atoms with van der Waals surface area (Å²) in [6, 6.07) is 17.4. The number of ether oxygens (including phenoxy) is 1. The Morgan fingerprint density at radius 1 is 1.03 bits per heavy atom. The third kappa shape index (κ3) is 3.50. The van der Waals surface area contributed by atoms with Crippen molar-refractivity contribution in [3.63, 3.8) is 0 Å². The lowest BCUT2D eigenvalue weighted by atomic mass is 10.2. The van der Waals surface area contributed by atoms with Gasteiger partial charge in [0.15, 0.2) is 5.65 Å². The summed E-state index contributed by atoms with van der Waals surface area (Å²) in [5, 5.41) is 8.74. The summed E-state index contributed by atoms with van der Waals surface area (Å²) in [6.07, 6.45) is 1.67.